The lowest BCUT2D eigenvalue weighted by molar-refractivity contribution is -0.145. The smallest absolute Gasteiger partial charge is 0.137 e. The largest absolute Gasteiger partial charge is 0.492 e. The number of fused-ring (bicyclic) bond motifs is 5. The first-order chi connectivity index (χ1) is 18.9. The van der Waals surface area contributed by atoms with Gasteiger partial charge in [0, 0.05) is 36.5 Å². The number of nitrogens with zero attached hydrogens (tertiary/aromatic N) is 1. The number of ketones is 1. The molecule has 5 heteroatoms. The van der Waals surface area contributed by atoms with E-state index in [-0.39, 0.29) is 11.5 Å². The third kappa shape index (κ3) is 5.20. The molecule has 8 atom stereocenters. The van der Waals surface area contributed by atoms with Crippen molar-refractivity contribution >= 4 is 5.78 Å². The minimum Gasteiger partial charge on any atom is -0.492 e. The van der Waals surface area contributed by atoms with Gasteiger partial charge in [-0.3, -0.25) is 9.78 Å². The lowest BCUT2D eigenvalue weighted by atomic mass is 9.44. The molecular weight excluding hydrogens is 484 g/mol. The Bertz CT molecular complexity index is 1010. The molecule has 0 amide bonds. The standard InChI is InChI=1S/C34H52N2O3/c1-3-31(36-25-7-5-4-6-8-25)23-19-27(22-35-21-23)39-18-17-34-16-14-29-28(30(34)11-12-32(34)38)10-9-24-20-26(37)13-15-33(24,29)2/h19,21-22,24-25,28-32,36,38H,3-18,20H2,1-2H3/t24?,28?,29?,30?,31?,32?,33-,34+/m0/s1. The van der Waals surface area contributed by atoms with Crippen molar-refractivity contribution in [1.29, 1.82) is 0 Å². The van der Waals surface area contributed by atoms with Crippen molar-refractivity contribution in [2.24, 2.45) is 34.5 Å². The molecular formula is C34H52N2O3. The predicted molar refractivity (Wildman–Crippen MR) is 154 cm³/mol. The summed E-state index contributed by atoms with van der Waals surface area (Å²) in [6.45, 7) is 5.41. The molecule has 1 aromatic rings. The molecule has 0 aliphatic heterocycles. The number of aromatic nitrogens is 1. The molecule has 39 heavy (non-hydrogen) atoms. The number of carbonyl (C=O) groups excluding carboxylic acids is 1. The van der Waals surface area contributed by atoms with Gasteiger partial charge in [-0.25, -0.2) is 0 Å². The molecule has 216 valence electrons. The monoisotopic (exact) mass is 536 g/mol. The van der Waals surface area contributed by atoms with Gasteiger partial charge in [0.25, 0.3) is 0 Å². The third-order valence-electron chi connectivity index (χ3n) is 12.6. The van der Waals surface area contributed by atoms with E-state index >= 15 is 0 Å². The molecule has 1 heterocycles. The molecule has 5 aliphatic carbocycles. The first kappa shape index (κ1) is 27.7. The first-order valence-electron chi connectivity index (χ1n) is 16.5. The molecule has 0 aromatic carbocycles. The maximum atomic E-state index is 12.2. The number of aliphatic hydroxyl groups excluding tert-OH is 1. The van der Waals surface area contributed by atoms with Crippen LogP contribution in [0.3, 0.4) is 0 Å². The number of carbonyl (C=O) groups is 1. The van der Waals surface area contributed by atoms with Crippen molar-refractivity contribution in [2.75, 3.05) is 6.61 Å². The minimum atomic E-state index is -0.209. The fourth-order valence-electron chi connectivity index (χ4n) is 10.4. The minimum absolute atomic E-state index is 0.00558. The summed E-state index contributed by atoms with van der Waals surface area (Å²) in [7, 11) is 0. The maximum absolute atomic E-state index is 12.2. The van der Waals surface area contributed by atoms with Crippen molar-refractivity contribution in [3.05, 3.63) is 24.0 Å². The van der Waals surface area contributed by atoms with Gasteiger partial charge in [-0.15, -0.1) is 0 Å². The van der Waals surface area contributed by atoms with Crippen LogP contribution in [0, 0.1) is 34.5 Å². The van der Waals surface area contributed by atoms with E-state index in [0.29, 0.717) is 47.6 Å². The SMILES string of the molecule is CCC(NC1CCCCC1)c1cncc(OCC[C@]23CCC4C(CCC5CC(=O)CC[C@@]54C)C2CCC3O)c1. The van der Waals surface area contributed by atoms with Gasteiger partial charge in [0.05, 0.1) is 18.9 Å². The van der Waals surface area contributed by atoms with Gasteiger partial charge in [0.2, 0.25) is 0 Å². The molecule has 6 unspecified atom stereocenters. The van der Waals surface area contributed by atoms with Crippen LogP contribution in [0.25, 0.3) is 0 Å². The molecule has 5 fully saturated rings. The quantitative estimate of drug-likeness (QED) is 0.368. The molecule has 1 aromatic heterocycles. The normalized spacial score (nSPS) is 39.5. The Morgan fingerprint density at radius 1 is 1.05 bits per heavy atom. The number of nitrogens with one attached hydrogen (secondary N) is 1. The van der Waals surface area contributed by atoms with Crippen molar-refractivity contribution < 1.29 is 14.6 Å². The number of Topliss-reactive ketones (excluding diaryl/α,β-unsaturated/α-hetero) is 1. The summed E-state index contributed by atoms with van der Waals surface area (Å²) in [5.41, 5.74) is 1.55. The van der Waals surface area contributed by atoms with Crippen molar-refractivity contribution in [2.45, 2.75) is 135 Å². The Hall–Kier alpha value is -1.46. The number of ether oxygens (including phenoxy) is 1. The van der Waals surface area contributed by atoms with E-state index in [9.17, 15) is 9.90 Å². The van der Waals surface area contributed by atoms with Gasteiger partial charge in [-0.1, -0.05) is 33.1 Å². The van der Waals surface area contributed by atoms with Crippen LogP contribution in [0.15, 0.2) is 18.5 Å². The van der Waals surface area contributed by atoms with Crippen molar-refractivity contribution in [3.63, 3.8) is 0 Å². The second-order valence-corrected chi connectivity index (χ2v) is 14.3. The number of pyridine rings is 1. The maximum Gasteiger partial charge on any atom is 0.137 e. The zero-order valence-electron chi connectivity index (χ0n) is 24.5. The van der Waals surface area contributed by atoms with Gasteiger partial charge in [-0.2, -0.15) is 0 Å². The van der Waals surface area contributed by atoms with E-state index in [1.54, 1.807) is 0 Å². The average molecular weight is 537 g/mol. The van der Waals surface area contributed by atoms with Gasteiger partial charge in [0.15, 0.2) is 0 Å². The molecule has 5 saturated carbocycles. The fraction of sp³-hybridized carbons (Fsp3) is 0.824. The first-order valence-corrected chi connectivity index (χ1v) is 16.5. The van der Waals surface area contributed by atoms with E-state index in [2.05, 4.69) is 30.2 Å². The van der Waals surface area contributed by atoms with Crippen LogP contribution in [-0.4, -0.2) is 34.6 Å². The second kappa shape index (κ2) is 11.4. The van der Waals surface area contributed by atoms with E-state index in [0.717, 1.165) is 63.0 Å². The summed E-state index contributed by atoms with van der Waals surface area (Å²) in [6.07, 6.45) is 21.8. The summed E-state index contributed by atoms with van der Waals surface area (Å²) in [5, 5.41) is 15.3. The van der Waals surface area contributed by atoms with Crippen molar-refractivity contribution in [1.82, 2.24) is 10.3 Å². The highest BCUT2D eigenvalue weighted by atomic mass is 16.5. The van der Waals surface area contributed by atoms with Crippen LogP contribution in [-0.2, 0) is 4.79 Å². The van der Waals surface area contributed by atoms with Crippen LogP contribution in [0.2, 0.25) is 0 Å². The molecule has 5 aliphatic rings. The second-order valence-electron chi connectivity index (χ2n) is 14.3. The molecule has 0 saturated heterocycles. The summed E-state index contributed by atoms with van der Waals surface area (Å²) < 4.78 is 6.40. The van der Waals surface area contributed by atoms with Crippen LogP contribution in [0.1, 0.15) is 128 Å². The van der Waals surface area contributed by atoms with Crippen LogP contribution in [0.5, 0.6) is 5.75 Å². The van der Waals surface area contributed by atoms with Gasteiger partial charge in [-0.05, 0) is 111 Å². The highest BCUT2D eigenvalue weighted by molar-refractivity contribution is 5.79. The zero-order chi connectivity index (χ0) is 27.0. The highest BCUT2D eigenvalue weighted by Crippen LogP contribution is 2.66. The Morgan fingerprint density at radius 2 is 1.90 bits per heavy atom. The van der Waals surface area contributed by atoms with Gasteiger partial charge >= 0.3 is 0 Å². The summed E-state index contributed by atoms with van der Waals surface area (Å²) in [6, 6.07) is 3.14. The van der Waals surface area contributed by atoms with Crippen molar-refractivity contribution in [3.8, 4) is 5.75 Å². The fourth-order valence-corrected chi connectivity index (χ4v) is 10.4. The predicted octanol–water partition coefficient (Wildman–Crippen LogP) is 7.18. The molecule has 6 rings (SSSR count). The van der Waals surface area contributed by atoms with Gasteiger partial charge < -0.3 is 15.2 Å². The number of rotatable bonds is 8. The van der Waals surface area contributed by atoms with Crippen LogP contribution < -0.4 is 10.1 Å². The Morgan fingerprint density at radius 3 is 2.72 bits per heavy atom. The summed E-state index contributed by atoms with van der Waals surface area (Å²) in [5.74, 6) is 3.96. The van der Waals surface area contributed by atoms with E-state index in [4.69, 9.17) is 4.74 Å². The average Bonchev–Trinajstić information content (AvgIpc) is 3.29. The van der Waals surface area contributed by atoms with E-state index in [1.807, 2.05) is 12.4 Å². The lowest BCUT2D eigenvalue weighted by Gasteiger charge is -2.60. The lowest BCUT2D eigenvalue weighted by Crippen LogP contribution is -2.55. The molecule has 0 spiro atoms. The van der Waals surface area contributed by atoms with E-state index in [1.165, 1.54) is 56.9 Å². The topological polar surface area (TPSA) is 71.5 Å². The number of hydrogen-bond acceptors (Lipinski definition) is 5. The van der Waals surface area contributed by atoms with Crippen LogP contribution >= 0.6 is 0 Å². The van der Waals surface area contributed by atoms with E-state index < -0.39 is 0 Å². The summed E-state index contributed by atoms with van der Waals surface area (Å²) >= 11 is 0. The molecule has 2 N–H and O–H groups in total. The Labute approximate surface area is 236 Å². The number of hydrogen-bond donors (Lipinski definition) is 2. The molecule has 0 radical (unpaired) electrons. The van der Waals surface area contributed by atoms with Crippen LogP contribution in [0.4, 0.5) is 0 Å². The molecule has 0 bridgehead atoms. The summed E-state index contributed by atoms with van der Waals surface area (Å²) in [4.78, 5) is 16.8. The zero-order valence-corrected chi connectivity index (χ0v) is 24.5. The Balaban J connectivity index is 1.11. The third-order valence-corrected chi connectivity index (χ3v) is 12.6. The highest BCUT2D eigenvalue weighted by Gasteiger charge is 2.61. The Kier molecular flexibility index (Phi) is 8.12. The number of aliphatic hydroxyl groups is 1. The molecule has 5 nitrogen and oxygen atoms in total. The van der Waals surface area contributed by atoms with Gasteiger partial charge in [0.1, 0.15) is 11.5 Å².